The largest absolute Gasteiger partial charge is 0.490 e. The summed E-state index contributed by atoms with van der Waals surface area (Å²) < 4.78 is 18.8. The summed E-state index contributed by atoms with van der Waals surface area (Å²) in [6, 6.07) is 6.31. The second-order valence-corrected chi connectivity index (χ2v) is 7.92. The number of carbonyl (C=O) groups excluding carboxylic acids is 1. The average Bonchev–Trinajstić information content (AvgIpc) is 3.06. The molecule has 1 atom stereocenters. The van der Waals surface area contributed by atoms with Crippen molar-refractivity contribution in [3.63, 3.8) is 0 Å². The van der Waals surface area contributed by atoms with E-state index in [1.807, 2.05) is 6.92 Å². The molecule has 28 heavy (non-hydrogen) atoms. The molecule has 0 unspecified atom stereocenters. The molecular formula is C20H22FN5O2. The number of anilines is 3. The summed E-state index contributed by atoms with van der Waals surface area (Å²) >= 11 is 0. The summed E-state index contributed by atoms with van der Waals surface area (Å²) in [6.45, 7) is 2.79. The molecule has 3 heterocycles. The molecule has 1 aromatic heterocycles. The Morgan fingerprint density at radius 1 is 1.32 bits per heavy atom. The number of carbonyl (C=O) groups is 1. The van der Waals surface area contributed by atoms with Crippen LogP contribution < -0.4 is 20.3 Å². The lowest BCUT2D eigenvalue weighted by molar-refractivity contribution is -0.120. The van der Waals surface area contributed by atoms with Crippen molar-refractivity contribution in [2.75, 3.05) is 22.1 Å². The first-order valence-electron chi connectivity index (χ1n) is 9.66. The summed E-state index contributed by atoms with van der Waals surface area (Å²) in [5.74, 6) is 1.78. The maximum Gasteiger partial charge on any atom is 0.250 e. The van der Waals surface area contributed by atoms with Crippen LogP contribution in [0.5, 0.6) is 5.75 Å². The van der Waals surface area contributed by atoms with E-state index in [1.165, 1.54) is 12.1 Å². The molecule has 2 aromatic rings. The molecule has 1 saturated heterocycles. The number of nitrogens with zero attached hydrogens (tertiary/aromatic N) is 3. The summed E-state index contributed by atoms with van der Waals surface area (Å²) in [7, 11) is 0. The van der Waals surface area contributed by atoms with E-state index < -0.39 is 5.54 Å². The Kier molecular flexibility index (Phi) is 3.89. The number of nitrogens with one attached hydrogen (secondary N) is 2. The first-order chi connectivity index (χ1) is 13.5. The number of amides is 1. The van der Waals surface area contributed by atoms with Crippen molar-refractivity contribution in [2.45, 2.75) is 50.3 Å². The second-order valence-electron chi connectivity index (χ2n) is 7.92. The predicted molar refractivity (Wildman–Crippen MR) is 103 cm³/mol. The van der Waals surface area contributed by atoms with Gasteiger partial charge < -0.3 is 20.3 Å². The SMILES string of the molecule is C[C@]12CCCN1c1nc(N[C@H]3C[C@H](Oc4ccc(F)cc4)C3)ncc1NC2=O. The second kappa shape index (κ2) is 6.32. The normalized spacial score (nSPS) is 28.1. The number of aromatic nitrogens is 2. The highest BCUT2D eigenvalue weighted by Crippen LogP contribution is 2.41. The maximum atomic E-state index is 13.0. The quantitative estimate of drug-likeness (QED) is 0.845. The summed E-state index contributed by atoms with van der Waals surface area (Å²) in [6.07, 6.45) is 5.23. The van der Waals surface area contributed by atoms with Crippen LogP contribution in [0.1, 0.15) is 32.6 Å². The van der Waals surface area contributed by atoms with E-state index in [-0.39, 0.29) is 23.9 Å². The molecule has 1 amide bonds. The Labute approximate surface area is 162 Å². The van der Waals surface area contributed by atoms with Crippen molar-refractivity contribution in [3.05, 3.63) is 36.3 Å². The van der Waals surface area contributed by atoms with Gasteiger partial charge in [-0.25, -0.2) is 9.37 Å². The third kappa shape index (κ3) is 2.83. The van der Waals surface area contributed by atoms with Gasteiger partial charge >= 0.3 is 0 Å². The van der Waals surface area contributed by atoms with Crippen molar-refractivity contribution in [1.82, 2.24) is 9.97 Å². The Hall–Kier alpha value is -2.90. The van der Waals surface area contributed by atoms with Gasteiger partial charge in [-0.1, -0.05) is 0 Å². The van der Waals surface area contributed by atoms with Crippen molar-refractivity contribution >= 4 is 23.4 Å². The Bertz CT molecular complexity index is 915. The van der Waals surface area contributed by atoms with Crippen LogP contribution in [0.2, 0.25) is 0 Å². The van der Waals surface area contributed by atoms with Crippen LogP contribution in [-0.4, -0.2) is 40.1 Å². The van der Waals surface area contributed by atoms with Crippen molar-refractivity contribution in [3.8, 4) is 5.75 Å². The van der Waals surface area contributed by atoms with Crippen molar-refractivity contribution in [1.29, 1.82) is 0 Å². The highest BCUT2D eigenvalue weighted by Gasteiger charge is 2.48. The van der Waals surface area contributed by atoms with E-state index in [0.29, 0.717) is 17.4 Å². The van der Waals surface area contributed by atoms with Crippen LogP contribution in [0, 0.1) is 5.82 Å². The number of ether oxygens (including phenoxy) is 1. The molecule has 1 aromatic carbocycles. The van der Waals surface area contributed by atoms with Crippen LogP contribution >= 0.6 is 0 Å². The fourth-order valence-electron chi connectivity index (χ4n) is 4.20. The van der Waals surface area contributed by atoms with E-state index in [9.17, 15) is 9.18 Å². The number of halogens is 1. The van der Waals surface area contributed by atoms with Gasteiger partial charge in [-0.05, 0) is 44.0 Å². The average molecular weight is 383 g/mol. The van der Waals surface area contributed by atoms with Crippen molar-refractivity contribution in [2.24, 2.45) is 0 Å². The van der Waals surface area contributed by atoms with E-state index in [4.69, 9.17) is 4.74 Å². The summed E-state index contributed by atoms with van der Waals surface area (Å²) in [4.78, 5) is 23.6. The highest BCUT2D eigenvalue weighted by atomic mass is 19.1. The lowest BCUT2D eigenvalue weighted by Crippen LogP contribution is -2.54. The highest BCUT2D eigenvalue weighted by molar-refractivity contribution is 6.06. The van der Waals surface area contributed by atoms with Crippen LogP contribution in [0.15, 0.2) is 30.5 Å². The minimum absolute atomic E-state index is 0.0154. The molecule has 0 radical (unpaired) electrons. The van der Waals surface area contributed by atoms with Crippen LogP contribution in [0.3, 0.4) is 0 Å². The molecule has 2 N–H and O–H groups in total. The maximum absolute atomic E-state index is 13.0. The molecular weight excluding hydrogens is 361 g/mol. The molecule has 1 aliphatic carbocycles. The molecule has 2 fully saturated rings. The Morgan fingerprint density at radius 2 is 2.11 bits per heavy atom. The first-order valence-corrected chi connectivity index (χ1v) is 9.66. The molecule has 3 aliphatic rings. The number of hydrogen-bond donors (Lipinski definition) is 2. The number of fused-ring (bicyclic) bond motifs is 3. The molecule has 0 spiro atoms. The number of benzene rings is 1. The van der Waals surface area contributed by atoms with Gasteiger partial charge in [-0.3, -0.25) is 4.79 Å². The standard InChI is InChI=1S/C20H22FN5O2/c1-20-7-2-8-26(20)17-16(24-18(20)27)11-22-19(25-17)23-13-9-15(10-13)28-14-5-3-12(21)4-6-14/h3-6,11,13,15H,2,7-10H2,1H3,(H,24,27)(H,22,23,25)/t13-,15-,20-/m1/s1. The number of rotatable bonds is 4. The van der Waals surface area contributed by atoms with Crippen molar-refractivity contribution < 1.29 is 13.9 Å². The zero-order valence-electron chi connectivity index (χ0n) is 15.6. The smallest absolute Gasteiger partial charge is 0.250 e. The van der Waals surface area contributed by atoms with E-state index in [1.54, 1.807) is 18.3 Å². The molecule has 1 saturated carbocycles. The van der Waals surface area contributed by atoms with Gasteiger partial charge in [0.2, 0.25) is 11.9 Å². The fraction of sp³-hybridized carbons (Fsp3) is 0.450. The molecule has 8 heteroatoms. The fourth-order valence-corrected chi connectivity index (χ4v) is 4.20. The van der Waals surface area contributed by atoms with E-state index >= 15 is 0 Å². The van der Waals surface area contributed by atoms with Gasteiger partial charge in [0.05, 0.1) is 6.20 Å². The minimum atomic E-state index is -0.525. The van der Waals surface area contributed by atoms with Gasteiger partial charge in [-0.15, -0.1) is 0 Å². The summed E-state index contributed by atoms with van der Waals surface area (Å²) in [5.41, 5.74) is 0.143. The third-order valence-electron chi connectivity index (χ3n) is 5.95. The molecule has 5 rings (SSSR count). The Balaban J connectivity index is 1.23. The first kappa shape index (κ1) is 17.2. The lowest BCUT2D eigenvalue weighted by atomic mass is 9.89. The Morgan fingerprint density at radius 3 is 2.89 bits per heavy atom. The predicted octanol–water partition coefficient (Wildman–Crippen LogP) is 2.95. The monoisotopic (exact) mass is 383 g/mol. The zero-order chi connectivity index (χ0) is 19.3. The minimum Gasteiger partial charge on any atom is -0.490 e. The molecule has 146 valence electrons. The molecule has 2 aliphatic heterocycles. The topological polar surface area (TPSA) is 79.4 Å². The van der Waals surface area contributed by atoms with Gasteiger partial charge in [0.15, 0.2) is 5.82 Å². The van der Waals surface area contributed by atoms with Crippen LogP contribution in [0.25, 0.3) is 0 Å². The van der Waals surface area contributed by atoms with Gasteiger partial charge in [-0.2, -0.15) is 4.98 Å². The number of hydrogen-bond acceptors (Lipinski definition) is 6. The zero-order valence-corrected chi connectivity index (χ0v) is 15.6. The molecule has 7 nitrogen and oxygen atoms in total. The van der Waals surface area contributed by atoms with Gasteiger partial charge in [0.25, 0.3) is 0 Å². The third-order valence-corrected chi connectivity index (χ3v) is 5.95. The van der Waals surface area contributed by atoms with E-state index in [2.05, 4.69) is 25.5 Å². The van der Waals surface area contributed by atoms with Gasteiger partial charge in [0.1, 0.15) is 28.9 Å². The summed E-state index contributed by atoms with van der Waals surface area (Å²) in [5, 5.41) is 6.29. The van der Waals surface area contributed by atoms with Crippen LogP contribution in [0.4, 0.5) is 21.8 Å². The van der Waals surface area contributed by atoms with E-state index in [0.717, 1.165) is 38.0 Å². The molecule has 0 bridgehead atoms. The van der Waals surface area contributed by atoms with Crippen LogP contribution in [-0.2, 0) is 4.79 Å². The lowest BCUT2D eigenvalue weighted by Gasteiger charge is -2.40. The van der Waals surface area contributed by atoms with Gasteiger partial charge in [0, 0.05) is 25.4 Å².